The molecule has 7 heteroatoms. The van der Waals surface area contributed by atoms with Gasteiger partial charge in [-0.25, -0.2) is 4.98 Å². The molecule has 0 bridgehead atoms. The van der Waals surface area contributed by atoms with Crippen molar-refractivity contribution in [3.05, 3.63) is 22.8 Å². The largest absolute Gasteiger partial charge is 0.472 e. The summed E-state index contributed by atoms with van der Waals surface area (Å²) in [5.74, 6) is 0.160. The summed E-state index contributed by atoms with van der Waals surface area (Å²) < 4.78 is 11.4. The molecule has 1 aromatic heterocycles. The van der Waals surface area contributed by atoms with Crippen molar-refractivity contribution in [1.82, 2.24) is 9.88 Å². The van der Waals surface area contributed by atoms with Crippen molar-refractivity contribution in [2.45, 2.75) is 32.3 Å². The molecular weight excluding hydrogens is 352 g/mol. The normalized spacial score (nSPS) is 17.4. The molecule has 1 atom stereocenters. The second-order valence-electron chi connectivity index (χ2n) is 4.96. The van der Waals surface area contributed by atoms with Gasteiger partial charge < -0.3 is 14.4 Å². The zero-order chi connectivity index (χ0) is 15.9. The summed E-state index contributed by atoms with van der Waals surface area (Å²) in [5.41, 5.74) is 0. The van der Waals surface area contributed by atoms with Crippen LogP contribution in [0, 0.1) is 0 Å². The number of halogens is 1. The lowest BCUT2D eigenvalue weighted by atomic mass is 10.3. The van der Waals surface area contributed by atoms with Gasteiger partial charge in [0.25, 0.3) is 0 Å². The SMILES string of the molecule is CCOC(=O)CCC(=O)N1CCC(Oc2ncccc2Br)C1. The van der Waals surface area contributed by atoms with Crippen molar-refractivity contribution in [3.8, 4) is 5.88 Å². The maximum absolute atomic E-state index is 12.1. The van der Waals surface area contributed by atoms with E-state index in [1.807, 2.05) is 12.1 Å². The van der Waals surface area contributed by atoms with Gasteiger partial charge in [0.15, 0.2) is 0 Å². The van der Waals surface area contributed by atoms with Crippen LogP contribution < -0.4 is 4.74 Å². The second kappa shape index (κ2) is 8.12. The van der Waals surface area contributed by atoms with E-state index in [2.05, 4.69) is 20.9 Å². The Morgan fingerprint density at radius 1 is 1.45 bits per heavy atom. The Hall–Kier alpha value is -1.63. The summed E-state index contributed by atoms with van der Waals surface area (Å²) in [5, 5.41) is 0. The van der Waals surface area contributed by atoms with Crippen LogP contribution in [0.1, 0.15) is 26.2 Å². The van der Waals surface area contributed by atoms with Crippen LogP contribution in [0.4, 0.5) is 0 Å². The topological polar surface area (TPSA) is 68.7 Å². The lowest BCUT2D eigenvalue weighted by Crippen LogP contribution is -2.31. The number of amides is 1. The van der Waals surface area contributed by atoms with Gasteiger partial charge in [-0.2, -0.15) is 0 Å². The summed E-state index contributed by atoms with van der Waals surface area (Å²) in [6.07, 6.45) is 2.66. The first-order valence-corrected chi connectivity index (χ1v) is 8.10. The van der Waals surface area contributed by atoms with Crippen LogP contribution in [0.2, 0.25) is 0 Å². The van der Waals surface area contributed by atoms with E-state index in [4.69, 9.17) is 9.47 Å². The summed E-state index contributed by atoms with van der Waals surface area (Å²) >= 11 is 3.38. The number of rotatable bonds is 6. The van der Waals surface area contributed by atoms with Gasteiger partial charge in [-0.15, -0.1) is 0 Å². The fraction of sp³-hybridized carbons (Fsp3) is 0.533. The number of nitrogens with zero attached hydrogens (tertiary/aromatic N) is 2. The molecule has 0 radical (unpaired) electrons. The first-order valence-electron chi connectivity index (χ1n) is 7.30. The van der Waals surface area contributed by atoms with Crippen LogP contribution in [-0.2, 0) is 14.3 Å². The van der Waals surface area contributed by atoms with Crippen molar-refractivity contribution in [1.29, 1.82) is 0 Å². The van der Waals surface area contributed by atoms with E-state index in [0.29, 0.717) is 25.6 Å². The standard InChI is InChI=1S/C15H19BrN2O4/c1-2-21-14(20)6-5-13(19)18-9-7-11(10-18)22-15-12(16)4-3-8-17-15/h3-4,8,11H,2,5-7,9-10H2,1H3. The number of carbonyl (C=O) groups is 2. The van der Waals surface area contributed by atoms with Gasteiger partial charge in [-0.05, 0) is 35.0 Å². The van der Waals surface area contributed by atoms with Gasteiger partial charge in [0, 0.05) is 25.6 Å². The molecule has 2 rings (SSSR count). The lowest BCUT2D eigenvalue weighted by Gasteiger charge is -2.17. The molecule has 1 aromatic rings. The predicted octanol–water partition coefficient (Wildman–Crippen LogP) is 2.17. The Bertz CT molecular complexity index is 538. The maximum atomic E-state index is 12.1. The quantitative estimate of drug-likeness (QED) is 0.717. The average molecular weight is 371 g/mol. The fourth-order valence-electron chi connectivity index (χ4n) is 2.27. The van der Waals surface area contributed by atoms with Crippen molar-refractivity contribution in [3.63, 3.8) is 0 Å². The fourth-order valence-corrected chi connectivity index (χ4v) is 2.62. The molecule has 0 spiro atoms. The van der Waals surface area contributed by atoms with Crippen LogP contribution in [0.25, 0.3) is 0 Å². The summed E-state index contributed by atoms with van der Waals surface area (Å²) in [7, 11) is 0. The Morgan fingerprint density at radius 2 is 2.27 bits per heavy atom. The number of likely N-dealkylation sites (tertiary alicyclic amines) is 1. The smallest absolute Gasteiger partial charge is 0.306 e. The number of carbonyl (C=O) groups excluding carboxylic acids is 2. The molecule has 1 fully saturated rings. The van der Waals surface area contributed by atoms with Crippen molar-refractivity contribution in [2.24, 2.45) is 0 Å². The average Bonchev–Trinajstić information content (AvgIpc) is 2.96. The molecule has 1 aliphatic heterocycles. The molecule has 1 unspecified atom stereocenters. The Kier molecular flexibility index (Phi) is 6.18. The monoisotopic (exact) mass is 370 g/mol. The van der Waals surface area contributed by atoms with Gasteiger partial charge in [0.2, 0.25) is 11.8 Å². The molecule has 6 nitrogen and oxygen atoms in total. The van der Waals surface area contributed by atoms with Crippen LogP contribution in [0.3, 0.4) is 0 Å². The van der Waals surface area contributed by atoms with Crippen molar-refractivity contribution >= 4 is 27.8 Å². The Balaban J connectivity index is 1.78. The molecule has 1 amide bonds. The zero-order valence-electron chi connectivity index (χ0n) is 12.5. The minimum atomic E-state index is -0.333. The number of pyridine rings is 1. The van der Waals surface area contributed by atoms with Crippen molar-refractivity contribution in [2.75, 3.05) is 19.7 Å². The van der Waals surface area contributed by atoms with E-state index in [-0.39, 0.29) is 30.8 Å². The predicted molar refractivity (Wildman–Crippen MR) is 83.4 cm³/mol. The molecular formula is C15H19BrN2O4. The number of ether oxygens (including phenoxy) is 2. The van der Waals surface area contributed by atoms with Crippen LogP contribution in [-0.4, -0.2) is 47.6 Å². The molecule has 0 saturated carbocycles. The van der Waals surface area contributed by atoms with E-state index in [0.717, 1.165) is 10.9 Å². The third-order valence-electron chi connectivity index (χ3n) is 3.35. The molecule has 0 aliphatic carbocycles. The highest BCUT2D eigenvalue weighted by Crippen LogP contribution is 2.24. The molecule has 0 N–H and O–H groups in total. The van der Waals surface area contributed by atoms with E-state index in [1.54, 1.807) is 18.0 Å². The molecule has 22 heavy (non-hydrogen) atoms. The first-order chi connectivity index (χ1) is 10.6. The number of hydrogen-bond donors (Lipinski definition) is 0. The first kappa shape index (κ1) is 16.7. The molecule has 1 aliphatic rings. The Labute approximate surface area is 137 Å². The molecule has 120 valence electrons. The number of hydrogen-bond acceptors (Lipinski definition) is 5. The van der Waals surface area contributed by atoms with Crippen molar-refractivity contribution < 1.29 is 19.1 Å². The van der Waals surface area contributed by atoms with E-state index in [1.165, 1.54) is 0 Å². The van der Waals surface area contributed by atoms with E-state index < -0.39 is 0 Å². The molecule has 2 heterocycles. The molecule has 0 aromatic carbocycles. The Morgan fingerprint density at radius 3 is 3.00 bits per heavy atom. The third kappa shape index (κ3) is 4.69. The van der Waals surface area contributed by atoms with Gasteiger partial charge >= 0.3 is 5.97 Å². The summed E-state index contributed by atoms with van der Waals surface area (Å²) in [4.78, 5) is 29.2. The third-order valence-corrected chi connectivity index (χ3v) is 3.95. The van der Waals surface area contributed by atoms with Gasteiger partial charge in [-0.1, -0.05) is 0 Å². The minimum Gasteiger partial charge on any atom is -0.472 e. The number of esters is 1. The minimum absolute atomic E-state index is 0.0424. The molecule has 1 saturated heterocycles. The summed E-state index contributed by atoms with van der Waals surface area (Å²) in [6, 6.07) is 3.68. The maximum Gasteiger partial charge on any atom is 0.306 e. The second-order valence-corrected chi connectivity index (χ2v) is 5.82. The van der Waals surface area contributed by atoms with E-state index >= 15 is 0 Å². The lowest BCUT2D eigenvalue weighted by molar-refractivity contribution is -0.145. The van der Waals surface area contributed by atoms with Gasteiger partial charge in [-0.3, -0.25) is 9.59 Å². The van der Waals surface area contributed by atoms with E-state index in [9.17, 15) is 9.59 Å². The van der Waals surface area contributed by atoms with Crippen LogP contribution in [0.15, 0.2) is 22.8 Å². The highest BCUT2D eigenvalue weighted by atomic mass is 79.9. The van der Waals surface area contributed by atoms with Gasteiger partial charge in [0.1, 0.15) is 6.10 Å². The highest BCUT2D eigenvalue weighted by molar-refractivity contribution is 9.10. The van der Waals surface area contributed by atoms with Crippen LogP contribution >= 0.6 is 15.9 Å². The number of aromatic nitrogens is 1. The summed E-state index contributed by atoms with van der Waals surface area (Å²) in [6.45, 7) is 3.24. The van der Waals surface area contributed by atoms with Gasteiger partial charge in [0.05, 0.1) is 24.0 Å². The zero-order valence-corrected chi connectivity index (χ0v) is 14.0. The highest BCUT2D eigenvalue weighted by Gasteiger charge is 2.28. The van der Waals surface area contributed by atoms with Crippen LogP contribution in [0.5, 0.6) is 5.88 Å².